The molecule has 8 aromatic carbocycles. The summed E-state index contributed by atoms with van der Waals surface area (Å²) in [4.78, 5) is 4.81. The molecule has 5 heteroatoms. The maximum Gasteiger partial charge on any atom is 0.0890 e. The van der Waals surface area contributed by atoms with E-state index in [1.54, 1.807) is 0 Å². The fourth-order valence-electron chi connectivity index (χ4n) is 7.86. The monoisotopic (exact) mass is 730 g/mol. The van der Waals surface area contributed by atoms with Gasteiger partial charge in [-0.3, -0.25) is 0 Å². The van der Waals surface area contributed by atoms with Gasteiger partial charge in [-0.05, 0) is 90.3 Å². The lowest BCUT2D eigenvalue weighted by Gasteiger charge is -2.27. The minimum Gasteiger partial charge on any atom is -0.310 e. The summed E-state index contributed by atoms with van der Waals surface area (Å²) in [6, 6.07) is 66.4. The second-order valence-electron chi connectivity index (χ2n) is 13.3. The van der Waals surface area contributed by atoms with Crippen molar-refractivity contribution in [2.45, 2.75) is 0 Å². The molecule has 53 heavy (non-hydrogen) atoms. The smallest absolute Gasteiger partial charge is 0.0890 e. The average molecular weight is 731 g/mol. The summed E-state index contributed by atoms with van der Waals surface area (Å²) < 4.78 is 6.61. The third kappa shape index (κ3) is 5.04. The van der Waals surface area contributed by atoms with E-state index in [-0.39, 0.29) is 0 Å². The van der Waals surface area contributed by atoms with Crippen molar-refractivity contribution in [1.82, 2.24) is 0 Å². The van der Waals surface area contributed by atoms with Gasteiger partial charge in [0, 0.05) is 79.6 Å². The molecule has 3 heterocycles. The largest absolute Gasteiger partial charge is 0.310 e. The van der Waals surface area contributed by atoms with E-state index in [2.05, 4.69) is 192 Å². The van der Waals surface area contributed by atoms with E-state index in [1.165, 1.54) is 66.2 Å². The van der Waals surface area contributed by atoms with Crippen molar-refractivity contribution < 1.29 is 0 Å². The van der Waals surface area contributed by atoms with E-state index in [1.807, 2.05) is 34.0 Å². The first kappa shape index (κ1) is 30.6. The van der Waals surface area contributed by atoms with Gasteiger partial charge in [-0.2, -0.15) is 0 Å². The molecule has 11 aromatic rings. The SMILES string of the molecule is c1ccc(N(c2ccccc2)c2ccc3sc4sc5cc(N(c6ccc7sc8ccccc8c7c6)c6cccc7ccccc67)ccc5c4c3c2)cc1. The van der Waals surface area contributed by atoms with Crippen LogP contribution in [0.5, 0.6) is 0 Å². The van der Waals surface area contributed by atoms with Gasteiger partial charge in [0.2, 0.25) is 0 Å². The highest BCUT2D eigenvalue weighted by atomic mass is 32.2. The zero-order chi connectivity index (χ0) is 34.9. The Balaban J connectivity index is 1.10. The number of hydrogen-bond donors (Lipinski definition) is 0. The molecule has 11 rings (SSSR count). The van der Waals surface area contributed by atoms with E-state index in [9.17, 15) is 0 Å². The van der Waals surface area contributed by atoms with Crippen molar-refractivity contribution >= 4 is 129 Å². The molecular weight excluding hydrogens is 701 g/mol. The molecule has 0 aliphatic heterocycles. The molecule has 0 aliphatic carbocycles. The summed E-state index contributed by atoms with van der Waals surface area (Å²) in [5, 5.41) is 9.04. The molecule has 2 nitrogen and oxygen atoms in total. The molecule has 0 saturated heterocycles. The highest BCUT2D eigenvalue weighted by molar-refractivity contribution is 7.44. The molecule has 0 amide bonds. The Morgan fingerprint density at radius 3 is 1.66 bits per heavy atom. The molecule has 0 N–H and O–H groups in total. The Morgan fingerprint density at radius 2 is 0.868 bits per heavy atom. The van der Waals surface area contributed by atoms with Crippen LogP contribution in [0.3, 0.4) is 0 Å². The Kier molecular flexibility index (Phi) is 7.12. The highest BCUT2D eigenvalue weighted by Gasteiger charge is 2.21. The lowest BCUT2D eigenvalue weighted by Crippen LogP contribution is -2.10. The van der Waals surface area contributed by atoms with Gasteiger partial charge in [0.1, 0.15) is 0 Å². The van der Waals surface area contributed by atoms with E-state index >= 15 is 0 Å². The first-order valence-corrected chi connectivity index (χ1v) is 20.2. The van der Waals surface area contributed by atoms with Crippen LogP contribution >= 0.6 is 34.0 Å². The standard InChI is InChI=1S/C48H30N2S3/c1-3-14-32(15-4-1)49(33-16-5-2-6-17-33)34-23-27-45-41(29-34)47-39-25-22-36(30-46(39)53-48(47)52-45)50(42-20-11-13-31-12-7-8-18-37(31)42)35-24-26-44-40(28-35)38-19-9-10-21-43(38)51-44/h1-30H. The molecule has 3 aromatic heterocycles. The first-order chi connectivity index (χ1) is 26.3. The van der Waals surface area contributed by atoms with E-state index in [0.29, 0.717) is 0 Å². The molecule has 0 aliphatic rings. The van der Waals surface area contributed by atoms with Crippen LogP contribution < -0.4 is 9.80 Å². The van der Waals surface area contributed by atoms with Crippen LogP contribution in [-0.2, 0) is 0 Å². The van der Waals surface area contributed by atoms with Gasteiger partial charge in [0.05, 0.1) is 9.70 Å². The molecule has 0 spiro atoms. The van der Waals surface area contributed by atoms with E-state index < -0.39 is 0 Å². The van der Waals surface area contributed by atoms with Crippen molar-refractivity contribution in [3.8, 4) is 0 Å². The van der Waals surface area contributed by atoms with Crippen LogP contribution in [0, 0.1) is 0 Å². The summed E-state index contributed by atoms with van der Waals surface area (Å²) in [5.74, 6) is 0. The van der Waals surface area contributed by atoms with Crippen LogP contribution in [0.1, 0.15) is 0 Å². The minimum atomic E-state index is 1.14. The van der Waals surface area contributed by atoms with E-state index in [4.69, 9.17) is 0 Å². The quantitative estimate of drug-likeness (QED) is 0.168. The normalized spacial score (nSPS) is 11.8. The van der Waals surface area contributed by atoms with Gasteiger partial charge < -0.3 is 9.80 Å². The zero-order valence-electron chi connectivity index (χ0n) is 28.4. The lowest BCUT2D eigenvalue weighted by atomic mass is 10.0. The van der Waals surface area contributed by atoms with Crippen molar-refractivity contribution in [3.63, 3.8) is 0 Å². The number of fused-ring (bicyclic) bond motifs is 9. The van der Waals surface area contributed by atoms with Crippen molar-refractivity contribution in [2.75, 3.05) is 9.80 Å². The number of para-hydroxylation sites is 2. The molecular formula is C48H30N2S3. The summed E-state index contributed by atoms with van der Waals surface area (Å²) >= 11 is 5.67. The highest BCUT2D eigenvalue weighted by Crippen LogP contribution is 2.49. The number of thiophene rings is 3. The topological polar surface area (TPSA) is 6.48 Å². The number of hydrogen-bond acceptors (Lipinski definition) is 5. The Morgan fingerprint density at radius 1 is 0.302 bits per heavy atom. The molecule has 0 radical (unpaired) electrons. The Bertz CT molecular complexity index is 3090. The molecule has 0 bridgehead atoms. The van der Waals surface area contributed by atoms with Gasteiger partial charge in [-0.15, -0.1) is 34.0 Å². The maximum absolute atomic E-state index is 2.45. The van der Waals surface area contributed by atoms with Crippen LogP contribution in [0.15, 0.2) is 182 Å². The Labute approximate surface area is 318 Å². The molecule has 250 valence electrons. The minimum absolute atomic E-state index is 1.14. The van der Waals surface area contributed by atoms with Gasteiger partial charge >= 0.3 is 0 Å². The fraction of sp³-hybridized carbons (Fsp3) is 0. The van der Waals surface area contributed by atoms with Crippen LogP contribution in [0.4, 0.5) is 34.1 Å². The average Bonchev–Trinajstić information content (AvgIpc) is 3.88. The van der Waals surface area contributed by atoms with Gasteiger partial charge in [-0.1, -0.05) is 97.1 Å². The lowest BCUT2D eigenvalue weighted by molar-refractivity contribution is 1.29. The predicted molar refractivity (Wildman–Crippen MR) is 234 cm³/mol. The summed E-state index contributed by atoms with van der Waals surface area (Å²) in [6.45, 7) is 0. The van der Waals surface area contributed by atoms with Crippen molar-refractivity contribution in [2.24, 2.45) is 0 Å². The number of anilines is 6. The Hall–Kier alpha value is -5.98. The molecule has 0 atom stereocenters. The molecule has 0 unspecified atom stereocenters. The van der Waals surface area contributed by atoms with Crippen molar-refractivity contribution in [3.05, 3.63) is 182 Å². The van der Waals surface area contributed by atoms with Crippen LogP contribution in [0.25, 0.3) is 60.5 Å². The van der Waals surface area contributed by atoms with Gasteiger partial charge in [0.15, 0.2) is 0 Å². The molecule has 0 fully saturated rings. The number of benzene rings is 8. The summed E-state index contributed by atoms with van der Waals surface area (Å²) in [7, 11) is 0. The number of nitrogens with zero attached hydrogens (tertiary/aromatic N) is 2. The maximum atomic E-state index is 2.45. The summed E-state index contributed by atoms with van der Waals surface area (Å²) in [6.07, 6.45) is 0. The third-order valence-corrected chi connectivity index (χ3v) is 13.8. The molecule has 0 saturated carbocycles. The first-order valence-electron chi connectivity index (χ1n) is 17.8. The van der Waals surface area contributed by atoms with Gasteiger partial charge in [0.25, 0.3) is 0 Å². The predicted octanol–water partition coefficient (Wildman–Crippen LogP) is 15.7. The zero-order valence-corrected chi connectivity index (χ0v) is 30.9. The second-order valence-corrected chi connectivity index (χ2v) is 16.8. The van der Waals surface area contributed by atoms with Gasteiger partial charge in [-0.25, -0.2) is 0 Å². The van der Waals surface area contributed by atoms with Crippen LogP contribution in [-0.4, -0.2) is 0 Å². The van der Waals surface area contributed by atoms with Crippen molar-refractivity contribution in [1.29, 1.82) is 0 Å². The summed E-state index contributed by atoms with van der Waals surface area (Å²) in [5.41, 5.74) is 6.94. The third-order valence-electron chi connectivity index (χ3n) is 10.2. The van der Waals surface area contributed by atoms with E-state index in [0.717, 1.165) is 28.4 Å². The number of rotatable bonds is 6. The second kappa shape index (κ2) is 12.3. The fourth-order valence-corrected chi connectivity index (χ4v) is 11.6. The van der Waals surface area contributed by atoms with Crippen LogP contribution in [0.2, 0.25) is 0 Å².